The third kappa shape index (κ3) is 2.15. The topological polar surface area (TPSA) is 29.1 Å². The van der Waals surface area contributed by atoms with E-state index in [1.54, 1.807) is 13.0 Å². The molecule has 0 saturated heterocycles. The maximum atomic E-state index is 13.4. The van der Waals surface area contributed by atoms with Crippen LogP contribution in [0.2, 0.25) is 0 Å². The highest BCUT2D eigenvalue weighted by Gasteiger charge is 2.49. The lowest BCUT2D eigenvalue weighted by Crippen LogP contribution is -2.57. The summed E-state index contributed by atoms with van der Waals surface area (Å²) in [6.07, 6.45) is 6.21. The highest BCUT2D eigenvalue weighted by Crippen LogP contribution is 2.53. The van der Waals surface area contributed by atoms with E-state index in [0.717, 1.165) is 44.1 Å². The van der Waals surface area contributed by atoms with Crippen molar-refractivity contribution < 1.29 is 9.18 Å². The Bertz CT molecular complexity index is 487. The van der Waals surface area contributed by atoms with Gasteiger partial charge in [0.1, 0.15) is 5.82 Å². The minimum atomic E-state index is -0.142. The standard InChI is InChI=1S/C16H20FNO/c1-12(19)18-16-8-5-15(6-9-16,7-10-16)13-3-2-4-14(17)11-13/h2-4,11H,5-10H2,1H3,(H,18,19). The molecule has 0 atom stereocenters. The number of hydrogen-bond donors (Lipinski definition) is 1. The first kappa shape index (κ1) is 12.6. The Labute approximate surface area is 113 Å². The van der Waals surface area contributed by atoms with E-state index in [1.807, 2.05) is 6.07 Å². The van der Waals surface area contributed by atoms with Gasteiger partial charge < -0.3 is 5.32 Å². The second-order valence-electron chi connectivity index (χ2n) is 6.25. The molecule has 1 amide bonds. The quantitative estimate of drug-likeness (QED) is 0.869. The molecule has 0 aliphatic heterocycles. The first-order chi connectivity index (χ1) is 9.04. The number of rotatable bonds is 2. The Morgan fingerprint density at radius 1 is 1.16 bits per heavy atom. The Kier molecular flexibility index (Phi) is 2.88. The van der Waals surface area contributed by atoms with Gasteiger partial charge in [-0.3, -0.25) is 4.79 Å². The molecule has 3 saturated carbocycles. The number of carbonyl (C=O) groups excluding carboxylic acids is 1. The summed E-state index contributed by atoms with van der Waals surface area (Å²) < 4.78 is 13.4. The Morgan fingerprint density at radius 2 is 1.79 bits per heavy atom. The monoisotopic (exact) mass is 261 g/mol. The van der Waals surface area contributed by atoms with Gasteiger partial charge in [-0.2, -0.15) is 0 Å². The zero-order valence-electron chi connectivity index (χ0n) is 11.3. The molecule has 19 heavy (non-hydrogen) atoms. The van der Waals surface area contributed by atoms with Gasteiger partial charge in [0.05, 0.1) is 0 Å². The van der Waals surface area contributed by atoms with Crippen LogP contribution in [-0.2, 0) is 10.2 Å². The minimum Gasteiger partial charge on any atom is -0.351 e. The summed E-state index contributed by atoms with van der Waals surface area (Å²) in [7, 11) is 0. The average molecular weight is 261 g/mol. The lowest BCUT2D eigenvalue weighted by molar-refractivity contribution is -0.122. The lowest BCUT2D eigenvalue weighted by Gasteiger charge is -2.54. The zero-order chi connectivity index (χ0) is 13.5. The van der Waals surface area contributed by atoms with Crippen LogP contribution in [0.25, 0.3) is 0 Å². The van der Waals surface area contributed by atoms with E-state index >= 15 is 0 Å². The van der Waals surface area contributed by atoms with E-state index in [0.29, 0.717) is 0 Å². The molecular weight excluding hydrogens is 241 g/mol. The van der Waals surface area contributed by atoms with Gasteiger partial charge in [-0.25, -0.2) is 4.39 Å². The summed E-state index contributed by atoms with van der Waals surface area (Å²) in [6.45, 7) is 1.60. The number of nitrogens with one attached hydrogen (secondary N) is 1. The molecule has 2 bridgehead atoms. The molecule has 0 heterocycles. The van der Waals surface area contributed by atoms with Gasteiger partial charge in [0.2, 0.25) is 5.91 Å². The Morgan fingerprint density at radius 3 is 2.32 bits per heavy atom. The van der Waals surface area contributed by atoms with Crippen LogP contribution in [0.1, 0.15) is 51.0 Å². The average Bonchev–Trinajstić information content (AvgIpc) is 2.39. The van der Waals surface area contributed by atoms with Crippen LogP contribution < -0.4 is 5.32 Å². The number of carbonyl (C=O) groups is 1. The molecule has 1 N–H and O–H groups in total. The lowest BCUT2D eigenvalue weighted by atomic mass is 9.55. The van der Waals surface area contributed by atoms with Crippen molar-refractivity contribution in [2.24, 2.45) is 0 Å². The number of halogens is 1. The fourth-order valence-corrected chi connectivity index (χ4v) is 4.00. The van der Waals surface area contributed by atoms with Crippen molar-refractivity contribution in [2.75, 3.05) is 0 Å². The number of fused-ring (bicyclic) bond motifs is 3. The molecule has 1 aromatic rings. The molecule has 102 valence electrons. The molecule has 3 fully saturated rings. The SMILES string of the molecule is CC(=O)NC12CCC(c3cccc(F)c3)(CC1)CC2. The molecule has 0 aromatic heterocycles. The molecule has 1 aromatic carbocycles. The number of benzene rings is 1. The van der Waals surface area contributed by atoms with E-state index in [2.05, 4.69) is 11.4 Å². The van der Waals surface area contributed by atoms with Gasteiger partial charge in [-0.05, 0) is 61.6 Å². The molecule has 3 aliphatic rings. The smallest absolute Gasteiger partial charge is 0.217 e. The first-order valence-electron chi connectivity index (χ1n) is 7.09. The Balaban J connectivity index is 1.83. The maximum absolute atomic E-state index is 13.4. The summed E-state index contributed by atoms with van der Waals surface area (Å²) in [4.78, 5) is 11.3. The van der Waals surface area contributed by atoms with E-state index in [-0.39, 0.29) is 22.7 Å². The molecule has 3 heteroatoms. The third-order valence-corrected chi connectivity index (χ3v) is 5.12. The molecule has 0 unspecified atom stereocenters. The van der Waals surface area contributed by atoms with E-state index < -0.39 is 0 Å². The summed E-state index contributed by atoms with van der Waals surface area (Å²) in [5, 5.41) is 3.15. The highest BCUT2D eigenvalue weighted by molar-refractivity contribution is 5.74. The molecule has 0 radical (unpaired) electrons. The summed E-state index contributed by atoms with van der Waals surface area (Å²) >= 11 is 0. The van der Waals surface area contributed by atoms with Crippen molar-refractivity contribution >= 4 is 5.91 Å². The van der Waals surface area contributed by atoms with Crippen molar-refractivity contribution in [1.82, 2.24) is 5.32 Å². The zero-order valence-corrected chi connectivity index (χ0v) is 11.3. The van der Waals surface area contributed by atoms with Crippen LogP contribution in [0.4, 0.5) is 4.39 Å². The van der Waals surface area contributed by atoms with Crippen molar-refractivity contribution in [2.45, 2.75) is 56.4 Å². The summed E-state index contributed by atoms with van der Waals surface area (Å²) in [6, 6.07) is 7.06. The van der Waals surface area contributed by atoms with Crippen molar-refractivity contribution in [3.63, 3.8) is 0 Å². The van der Waals surface area contributed by atoms with Crippen LogP contribution in [0.5, 0.6) is 0 Å². The third-order valence-electron chi connectivity index (χ3n) is 5.12. The van der Waals surface area contributed by atoms with Gasteiger partial charge >= 0.3 is 0 Å². The van der Waals surface area contributed by atoms with Crippen LogP contribution in [0.15, 0.2) is 24.3 Å². The predicted molar refractivity (Wildman–Crippen MR) is 72.3 cm³/mol. The molecule has 4 rings (SSSR count). The predicted octanol–water partition coefficient (Wildman–Crippen LogP) is 3.31. The van der Waals surface area contributed by atoms with Crippen LogP contribution in [0, 0.1) is 5.82 Å². The van der Waals surface area contributed by atoms with Crippen molar-refractivity contribution in [1.29, 1.82) is 0 Å². The largest absolute Gasteiger partial charge is 0.351 e. The summed E-state index contributed by atoms with van der Waals surface area (Å²) in [5.41, 5.74) is 1.30. The van der Waals surface area contributed by atoms with E-state index in [1.165, 1.54) is 6.07 Å². The van der Waals surface area contributed by atoms with Crippen molar-refractivity contribution in [3.8, 4) is 0 Å². The molecule has 3 aliphatic carbocycles. The fourth-order valence-electron chi connectivity index (χ4n) is 4.00. The molecule has 0 spiro atoms. The first-order valence-corrected chi connectivity index (χ1v) is 7.09. The van der Waals surface area contributed by atoms with Crippen LogP contribution in [0.3, 0.4) is 0 Å². The van der Waals surface area contributed by atoms with Gasteiger partial charge in [0, 0.05) is 12.5 Å². The van der Waals surface area contributed by atoms with Crippen LogP contribution >= 0.6 is 0 Å². The van der Waals surface area contributed by atoms with E-state index in [9.17, 15) is 9.18 Å². The minimum absolute atomic E-state index is 0.0148. The fraction of sp³-hybridized carbons (Fsp3) is 0.562. The van der Waals surface area contributed by atoms with Gasteiger partial charge in [-0.1, -0.05) is 12.1 Å². The number of hydrogen-bond acceptors (Lipinski definition) is 1. The van der Waals surface area contributed by atoms with E-state index in [4.69, 9.17) is 0 Å². The van der Waals surface area contributed by atoms with Gasteiger partial charge in [0.25, 0.3) is 0 Å². The van der Waals surface area contributed by atoms with Crippen molar-refractivity contribution in [3.05, 3.63) is 35.6 Å². The molecule has 2 nitrogen and oxygen atoms in total. The summed E-state index contributed by atoms with van der Waals surface area (Å²) in [5.74, 6) is -0.0729. The normalized spacial score (nSPS) is 33.2. The highest BCUT2D eigenvalue weighted by atomic mass is 19.1. The molecular formula is C16H20FNO. The van der Waals surface area contributed by atoms with Gasteiger partial charge in [-0.15, -0.1) is 0 Å². The Hall–Kier alpha value is -1.38. The second kappa shape index (κ2) is 4.32. The maximum Gasteiger partial charge on any atom is 0.217 e. The van der Waals surface area contributed by atoms with Crippen LogP contribution in [-0.4, -0.2) is 11.4 Å². The number of amides is 1. The van der Waals surface area contributed by atoms with Gasteiger partial charge in [0.15, 0.2) is 0 Å². The second-order valence-corrected chi connectivity index (χ2v) is 6.25.